The minimum Gasteiger partial charge on any atom is -0.349 e. The van der Waals surface area contributed by atoms with Gasteiger partial charge in [-0.2, -0.15) is 0 Å². The Balaban J connectivity index is 2.02. The van der Waals surface area contributed by atoms with Crippen molar-refractivity contribution >= 4 is 21.8 Å². The number of hydrogen-bond acceptors (Lipinski definition) is 1. The van der Waals surface area contributed by atoms with Gasteiger partial charge in [0.1, 0.15) is 5.82 Å². The summed E-state index contributed by atoms with van der Waals surface area (Å²) in [4.78, 5) is 12.1. The van der Waals surface area contributed by atoms with Crippen LogP contribution in [0.3, 0.4) is 0 Å². The van der Waals surface area contributed by atoms with Gasteiger partial charge in [-0.1, -0.05) is 20.3 Å². The molecule has 2 nitrogen and oxygen atoms in total. The van der Waals surface area contributed by atoms with E-state index in [2.05, 4.69) is 35.1 Å². The Morgan fingerprint density at radius 2 is 2.21 bits per heavy atom. The Morgan fingerprint density at radius 1 is 1.47 bits per heavy atom. The number of amides is 1. The van der Waals surface area contributed by atoms with Crippen LogP contribution in [0.1, 0.15) is 49.9 Å². The minimum atomic E-state index is -0.406. The van der Waals surface area contributed by atoms with Gasteiger partial charge in [0.15, 0.2) is 0 Å². The first-order valence-corrected chi connectivity index (χ1v) is 7.43. The van der Waals surface area contributed by atoms with Crippen molar-refractivity contribution in [3.8, 4) is 0 Å². The van der Waals surface area contributed by atoms with Gasteiger partial charge in [-0.25, -0.2) is 4.39 Å². The maximum absolute atomic E-state index is 13.4. The van der Waals surface area contributed by atoms with Crippen molar-refractivity contribution in [1.29, 1.82) is 0 Å². The average molecular weight is 328 g/mol. The maximum atomic E-state index is 13.4. The molecule has 1 aromatic rings. The molecule has 1 N–H and O–H groups in total. The van der Waals surface area contributed by atoms with Crippen LogP contribution < -0.4 is 5.32 Å². The summed E-state index contributed by atoms with van der Waals surface area (Å²) in [5, 5.41) is 3.02. The molecule has 1 unspecified atom stereocenters. The van der Waals surface area contributed by atoms with Crippen molar-refractivity contribution in [3.05, 3.63) is 34.1 Å². The Bertz CT molecular complexity index is 487. The number of carbonyl (C=O) groups is 1. The Kier molecular flexibility index (Phi) is 4.29. The Morgan fingerprint density at radius 3 is 2.84 bits per heavy atom. The molecule has 19 heavy (non-hydrogen) atoms. The fraction of sp³-hybridized carbons (Fsp3) is 0.533. The molecule has 1 fully saturated rings. The molecular formula is C15H19BrFNO. The molecule has 1 aliphatic rings. The summed E-state index contributed by atoms with van der Waals surface area (Å²) in [6, 6.07) is 4.67. The van der Waals surface area contributed by atoms with Crippen LogP contribution in [0, 0.1) is 11.2 Å². The second-order valence-electron chi connectivity index (χ2n) is 6.06. The molecule has 0 aliphatic heterocycles. The molecule has 1 atom stereocenters. The zero-order valence-corrected chi connectivity index (χ0v) is 12.9. The summed E-state index contributed by atoms with van der Waals surface area (Å²) in [6.45, 7) is 4.45. The van der Waals surface area contributed by atoms with Gasteiger partial charge in [0, 0.05) is 11.6 Å². The van der Waals surface area contributed by atoms with Crippen molar-refractivity contribution in [3.63, 3.8) is 0 Å². The molecule has 1 saturated carbocycles. The van der Waals surface area contributed by atoms with Crippen LogP contribution >= 0.6 is 15.9 Å². The SMILES string of the molecule is CC1(C)CCCC(NC(=O)c2ccc(Br)c(F)c2)C1. The van der Waals surface area contributed by atoms with Crippen molar-refractivity contribution in [2.75, 3.05) is 0 Å². The van der Waals surface area contributed by atoms with Crippen LogP contribution in [-0.4, -0.2) is 11.9 Å². The van der Waals surface area contributed by atoms with Crippen LogP contribution in [-0.2, 0) is 0 Å². The predicted octanol–water partition coefficient (Wildman–Crippen LogP) is 4.29. The van der Waals surface area contributed by atoms with E-state index in [0.29, 0.717) is 10.0 Å². The Hall–Kier alpha value is -0.900. The Labute approximate surface area is 121 Å². The minimum absolute atomic E-state index is 0.186. The molecule has 0 spiro atoms. The van der Waals surface area contributed by atoms with E-state index in [4.69, 9.17) is 0 Å². The first-order valence-electron chi connectivity index (χ1n) is 6.63. The van der Waals surface area contributed by atoms with Crippen molar-refractivity contribution < 1.29 is 9.18 Å². The van der Waals surface area contributed by atoms with Gasteiger partial charge in [-0.15, -0.1) is 0 Å². The lowest BCUT2D eigenvalue weighted by atomic mass is 9.75. The molecule has 1 aromatic carbocycles. The second kappa shape index (κ2) is 5.61. The third-order valence-electron chi connectivity index (χ3n) is 3.72. The highest BCUT2D eigenvalue weighted by atomic mass is 79.9. The summed E-state index contributed by atoms with van der Waals surface area (Å²) in [5.41, 5.74) is 0.658. The molecule has 4 heteroatoms. The van der Waals surface area contributed by atoms with Gasteiger partial charge in [0.25, 0.3) is 5.91 Å². The summed E-state index contributed by atoms with van der Waals surface area (Å²) in [5.74, 6) is -0.592. The van der Waals surface area contributed by atoms with E-state index >= 15 is 0 Å². The maximum Gasteiger partial charge on any atom is 0.251 e. The van der Waals surface area contributed by atoms with Crippen molar-refractivity contribution in [1.82, 2.24) is 5.32 Å². The third-order valence-corrected chi connectivity index (χ3v) is 4.37. The molecule has 0 aromatic heterocycles. The predicted molar refractivity (Wildman–Crippen MR) is 77.6 cm³/mol. The number of benzene rings is 1. The normalized spacial score (nSPS) is 22.0. The van der Waals surface area contributed by atoms with Gasteiger partial charge in [0.05, 0.1) is 4.47 Å². The number of rotatable bonds is 2. The fourth-order valence-corrected chi connectivity index (χ4v) is 2.97. The number of hydrogen-bond donors (Lipinski definition) is 1. The lowest BCUT2D eigenvalue weighted by Crippen LogP contribution is -2.40. The van der Waals surface area contributed by atoms with Gasteiger partial charge < -0.3 is 5.32 Å². The molecule has 0 saturated heterocycles. The van der Waals surface area contributed by atoms with Gasteiger partial charge >= 0.3 is 0 Å². The number of nitrogens with one attached hydrogen (secondary N) is 1. The monoisotopic (exact) mass is 327 g/mol. The van der Waals surface area contributed by atoms with Crippen LogP contribution in [0.2, 0.25) is 0 Å². The molecule has 1 amide bonds. The van der Waals surface area contributed by atoms with E-state index in [0.717, 1.165) is 19.3 Å². The van der Waals surface area contributed by atoms with E-state index in [9.17, 15) is 9.18 Å². The van der Waals surface area contributed by atoms with Crippen LogP contribution in [0.15, 0.2) is 22.7 Å². The summed E-state index contributed by atoms with van der Waals surface area (Å²) < 4.78 is 13.8. The van der Waals surface area contributed by atoms with Crippen LogP contribution in [0.5, 0.6) is 0 Å². The molecule has 0 radical (unpaired) electrons. The lowest BCUT2D eigenvalue weighted by Gasteiger charge is -2.35. The first kappa shape index (κ1) is 14.5. The van der Waals surface area contributed by atoms with E-state index in [1.54, 1.807) is 12.1 Å². The van der Waals surface area contributed by atoms with Gasteiger partial charge in [-0.05, 0) is 58.8 Å². The first-order chi connectivity index (χ1) is 8.87. The molecule has 2 rings (SSSR count). The molecule has 104 valence electrons. The third kappa shape index (κ3) is 3.78. The smallest absolute Gasteiger partial charge is 0.251 e. The van der Waals surface area contributed by atoms with E-state index < -0.39 is 5.82 Å². The highest BCUT2D eigenvalue weighted by Crippen LogP contribution is 2.35. The number of halogens is 2. The van der Waals surface area contributed by atoms with Crippen molar-refractivity contribution in [2.24, 2.45) is 5.41 Å². The average Bonchev–Trinajstić information content (AvgIpc) is 2.31. The van der Waals surface area contributed by atoms with Crippen molar-refractivity contribution in [2.45, 2.75) is 45.6 Å². The van der Waals surface area contributed by atoms with E-state index in [1.165, 1.54) is 12.5 Å². The highest BCUT2D eigenvalue weighted by molar-refractivity contribution is 9.10. The van der Waals surface area contributed by atoms with Gasteiger partial charge in [-0.3, -0.25) is 4.79 Å². The summed E-state index contributed by atoms with van der Waals surface area (Å²) >= 11 is 3.09. The highest BCUT2D eigenvalue weighted by Gasteiger charge is 2.28. The molecular weight excluding hydrogens is 309 g/mol. The van der Waals surface area contributed by atoms with Gasteiger partial charge in [0.2, 0.25) is 0 Å². The fourth-order valence-electron chi connectivity index (χ4n) is 2.73. The standard InChI is InChI=1S/C15H19BrFNO/c1-15(2)7-3-4-11(9-15)18-14(19)10-5-6-12(16)13(17)8-10/h5-6,8,11H,3-4,7,9H2,1-2H3,(H,18,19). The lowest BCUT2D eigenvalue weighted by molar-refractivity contribution is 0.0902. The van der Waals surface area contributed by atoms with E-state index in [1.807, 2.05) is 0 Å². The summed E-state index contributed by atoms with van der Waals surface area (Å²) in [6.07, 6.45) is 4.32. The summed E-state index contributed by atoms with van der Waals surface area (Å²) in [7, 11) is 0. The molecule has 1 aliphatic carbocycles. The van der Waals surface area contributed by atoms with Crippen LogP contribution in [0.4, 0.5) is 4.39 Å². The zero-order chi connectivity index (χ0) is 14.0. The van der Waals surface area contributed by atoms with Crippen LogP contribution in [0.25, 0.3) is 0 Å². The molecule has 0 heterocycles. The quantitative estimate of drug-likeness (QED) is 0.862. The second-order valence-corrected chi connectivity index (χ2v) is 6.91. The largest absolute Gasteiger partial charge is 0.349 e. The topological polar surface area (TPSA) is 29.1 Å². The molecule has 0 bridgehead atoms. The van der Waals surface area contributed by atoms with E-state index in [-0.39, 0.29) is 17.4 Å². The zero-order valence-electron chi connectivity index (χ0n) is 11.3. The number of carbonyl (C=O) groups excluding carboxylic acids is 1.